The maximum Gasteiger partial charge on any atom is 0.511 e. The number of halogens is 3. The van der Waals surface area contributed by atoms with E-state index >= 15 is 0 Å². The van der Waals surface area contributed by atoms with Crippen molar-refractivity contribution in [3.8, 4) is 0 Å². The Bertz CT molecular complexity index is 829. The quantitative estimate of drug-likeness (QED) is 0.518. The molecule has 0 aliphatic carbocycles. The summed E-state index contributed by atoms with van der Waals surface area (Å²) in [6, 6.07) is 8.37. The standard InChI is InChI=1S/C20H31F3N4O2S/c1-15-5-7-17(8-6-15)19(2,3)14-26-18(24-4)25-13-16-9-11-27(12-10-16)30(28,29)20(21,22)23/h5-8,16H,9-14H2,1-4H3,(H2,24,25,26). The van der Waals surface area contributed by atoms with Crippen LogP contribution in [0.15, 0.2) is 29.3 Å². The van der Waals surface area contributed by atoms with E-state index in [4.69, 9.17) is 0 Å². The zero-order valence-corrected chi connectivity index (χ0v) is 18.7. The van der Waals surface area contributed by atoms with Gasteiger partial charge < -0.3 is 10.6 Å². The summed E-state index contributed by atoms with van der Waals surface area (Å²) in [7, 11) is -3.58. The second kappa shape index (κ2) is 9.55. The third-order valence-electron chi connectivity index (χ3n) is 5.52. The lowest BCUT2D eigenvalue weighted by Gasteiger charge is -2.32. The predicted molar refractivity (Wildman–Crippen MR) is 113 cm³/mol. The average molecular weight is 449 g/mol. The summed E-state index contributed by atoms with van der Waals surface area (Å²) in [6.45, 7) is 7.23. The average Bonchev–Trinajstić information content (AvgIpc) is 2.68. The molecule has 2 N–H and O–H groups in total. The van der Waals surface area contributed by atoms with Gasteiger partial charge in [0.25, 0.3) is 0 Å². The fourth-order valence-corrected chi connectivity index (χ4v) is 4.36. The Morgan fingerprint density at radius 2 is 1.70 bits per heavy atom. The molecule has 1 heterocycles. The van der Waals surface area contributed by atoms with Crippen LogP contribution in [0.1, 0.15) is 37.8 Å². The maximum atomic E-state index is 12.7. The van der Waals surface area contributed by atoms with Crippen LogP contribution in [0.4, 0.5) is 13.2 Å². The molecule has 0 saturated carbocycles. The largest absolute Gasteiger partial charge is 0.511 e. The van der Waals surface area contributed by atoms with Gasteiger partial charge in [-0.2, -0.15) is 17.5 Å². The molecule has 0 unspecified atom stereocenters. The number of piperidine rings is 1. The summed E-state index contributed by atoms with van der Waals surface area (Å²) in [6.07, 6.45) is 0.738. The third kappa shape index (κ3) is 6.10. The Morgan fingerprint density at radius 1 is 1.13 bits per heavy atom. The molecule has 2 rings (SSSR count). The van der Waals surface area contributed by atoms with Gasteiger partial charge in [0.2, 0.25) is 0 Å². The fraction of sp³-hybridized carbons (Fsp3) is 0.650. The first-order chi connectivity index (χ1) is 13.9. The van der Waals surface area contributed by atoms with Gasteiger partial charge >= 0.3 is 15.5 Å². The molecule has 0 aromatic heterocycles. The first kappa shape index (κ1) is 24.5. The van der Waals surface area contributed by atoms with E-state index in [0.717, 1.165) is 0 Å². The first-order valence-electron chi connectivity index (χ1n) is 9.95. The number of guanidine groups is 1. The maximum absolute atomic E-state index is 12.7. The Balaban J connectivity index is 1.82. The molecular weight excluding hydrogens is 417 g/mol. The van der Waals surface area contributed by atoms with Gasteiger partial charge in [-0.05, 0) is 31.2 Å². The van der Waals surface area contributed by atoms with E-state index in [9.17, 15) is 21.6 Å². The number of nitrogens with one attached hydrogen (secondary N) is 2. The molecule has 1 aliphatic rings. The van der Waals surface area contributed by atoms with Crippen molar-refractivity contribution in [1.82, 2.24) is 14.9 Å². The lowest BCUT2D eigenvalue weighted by Crippen LogP contribution is -2.48. The molecule has 1 saturated heterocycles. The molecule has 1 fully saturated rings. The highest BCUT2D eigenvalue weighted by molar-refractivity contribution is 7.90. The molecule has 1 aromatic rings. The van der Waals surface area contributed by atoms with Crippen molar-refractivity contribution in [2.75, 3.05) is 33.2 Å². The summed E-state index contributed by atoms with van der Waals surface area (Å²) in [5.74, 6) is 0.689. The molecule has 1 aromatic carbocycles. The van der Waals surface area contributed by atoms with Crippen LogP contribution in [0.2, 0.25) is 0 Å². The Kier molecular flexibility index (Phi) is 7.79. The van der Waals surface area contributed by atoms with Gasteiger partial charge in [-0.25, -0.2) is 8.42 Å². The van der Waals surface area contributed by atoms with Crippen LogP contribution in [-0.4, -0.2) is 57.4 Å². The molecule has 6 nitrogen and oxygen atoms in total. The minimum absolute atomic E-state index is 0.0772. The van der Waals surface area contributed by atoms with Crippen LogP contribution in [0.25, 0.3) is 0 Å². The highest BCUT2D eigenvalue weighted by Crippen LogP contribution is 2.30. The van der Waals surface area contributed by atoms with E-state index in [2.05, 4.69) is 53.7 Å². The molecule has 10 heteroatoms. The Hall–Kier alpha value is -1.81. The molecule has 0 atom stereocenters. The molecule has 170 valence electrons. The van der Waals surface area contributed by atoms with E-state index in [1.54, 1.807) is 7.05 Å². The van der Waals surface area contributed by atoms with Gasteiger partial charge in [-0.1, -0.05) is 43.7 Å². The van der Waals surface area contributed by atoms with Crippen molar-refractivity contribution in [1.29, 1.82) is 0 Å². The summed E-state index contributed by atoms with van der Waals surface area (Å²) in [5, 5.41) is 6.50. The molecule has 0 radical (unpaired) electrons. The van der Waals surface area contributed by atoms with Crippen LogP contribution < -0.4 is 10.6 Å². The second-order valence-electron chi connectivity index (χ2n) is 8.35. The monoisotopic (exact) mass is 448 g/mol. The highest BCUT2D eigenvalue weighted by atomic mass is 32.2. The normalized spacial score (nSPS) is 17.8. The first-order valence-corrected chi connectivity index (χ1v) is 11.4. The van der Waals surface area contributed by atoms with E-state index in [1.807, 2.05) is 6.92 Å². The topological polar surface area (TPSA) is 73.8 Å². The van der Waals surface area contributed by atoms with Crippen LogP contribution in [-0.2, 0) is 15.4 Å². The van der Waals surface area contributed by atoms with Crippen molar-refractivity contribution in [3.05, 3.63) is 35.4 Å². The van der Waals surface area contributed by atoms with Crippen molar-refractivity contribution in [2.24, 2.45) is 10.9 Å². The number of alkyl halides is 3. The number of hydrogen-bond acceptors (Lipinski definition) is 3. The summed E-state index contributed by atoms with van der Waals surface area (Å²) < 4.78 is 61.5. The molecule has 1 aliphatic heterocycles. The Morgan fingerprint density at radius 3 is 2.20 bits per heavy atom. The molecule has 0 bridgehead atoms. The lowest BCUT2D eigenvalue weighted by atomic mass is 9.84. The SMILES string of the molecule is CN=C(NCC1CCN(S(=O)(=O)C(F)(F)F)CC1)NCC(C)(C)c1ccc(C)cc1. The van der Waals surface area contributed by atoms with Gasteiger partial charge in [-0.15, -0.1) is 0 Å². The number of aryl methyl sites for hydroxylation is 1. The minimum Gasteiger partial charge on any atom is -0.356 e. The molecule has 0 amide bonds. The van der Waals surface area contributed by atoms with Crippen LogP contribution in [0.3, 0.4) is 0 Å². The lowest BCUT2D eigenvalue weighted by molar-refractivity contribution is -0.0496. The molecule has 30 heavy (non-hydrogen) atoms. The van der Waals surface area contributed by atoms with E-state index in [1.165, 1.54) is 11.1 Å². The summed E-state index contributed by atoms with van der Waals surface area (Å²) >= 11 is 0. The van der Waals surface area contributed by atoms with Crippen LogP contribution in [0, 0.1) is 12.8 Å². The van der Waals surface area contributed by atoms with Crippen molar-refractivity contribution in [2.45, 2.75) is 44.5 Å². The number of rotatable bonds is 6. The zero-order chi connectivity index (χ0) is 22.6. The van der Waals surface area contributed by atoms with Crippen molar-refractivity contribution >= 4 is 16.0 Å². The fourth-order valence-electron chi connectivity index (χ4n) is 3.37. The van der Waals surface area contributed by atoms with E-state index < -0.39 is 15.5 Å². The smallest absolute Gasteiger partial charge is 0.356 e. The predicted octanol–water partition coefficient (Wildman–Crippen LogP) is 3.00. The van der Waals surface area contributed by atoms with Crippen molar-refractivity contribution < 1.29 is 21.6 Å². The highest BCUT2D eigenvalue weighted by Gasteiger charge is 2.50. The van der Waals surface area contributed by atoms with E-state index in [0.29, 0.717) is 36.2 Å². The van der Waals surface area contributed by atoms with Gasteiger partial charge in [0.15, 0.2) is 5.96 Å². The van der Waals surface area contributed by atoms with Gasteiger partial charge in [0, 0.05) is 38.6 Å². The van der Waals surface area contributed by atoms with Crippen LogP contribution >= 0.6 is 0 Å². The van der Waals surface area contributed by atoms with E-state index in [-0.39, 0.29) is 24.4 Å². The van der Waals surface area contributed by atoms with Crippen LogP contribution in [0.5, 0.6) is 0 Å². The van der Waals surface area contributed by atoms with Gasteiger partial charge in [-0.3, -0.25) is 4.99 Å². The Labute approximate surface area is 177 Å². The number of nitrogens with zero attached hydrogens (tertiary/aromatic N) is 2. The summed E-state index contributed by atoms with van der Waals surface area (Å²) in [5.41, 5.74) is -2.96. The second-order valence-corrected chi connectivity index (χ2v) is 10.3. The number of benzene rings is 1. The zero-order valence-electron chi connectivity index (χ0n) is 17.9. The minimum atomic E-state index is -5.24. The van der Waals surface area contributed by atoms with Crippen molar-refractivity contribution in [3.63, 3.8) is 0 Å². The molecular formula is C20H31F3N4O2S. The number of hydrogen-bond donors (Lipinski definition) is 2. The molecule has 0 spiro atoms. The van der Waals surface area contributed by atoms with Gasteiger partial charge in [0.1, 0.15) is 0 Å². The van der Waals surface area contributed by atoms with Gasteiger partial charge in [0.05, 0.1) is 0 Å². The number of aliphatic imine (C=N–C) groups is 1. The number of sulfonamides is 1. The summed E-state index contributed by atoms with van der Waals surface area (Å²) in [4.78, 5) is 4.21. The third-order valence-corrected chi connectivity index (χ3v) is 7.15.